The van der Waals surface area contributed by atoms with Gasteiger partial charge in [0.1, 0.15) is 11.5 Å². The van der Waals surface area contributed by atoms with Gasteiger partial charge in [-0.1, -0.05) is 0 Å². The van der Waals surface area contributed by atoms with Gasteiger partial charge in [-0.2, -0.15) is 0 Å². The molecule has 98 valence electrons. The predicted molar refractivity (Wildman–Crippen MR) is 69.1 cm³/mol. The van der Waals surface area contributed by atoms with Crippen LogP contribution in [0.15, 0.2) is 18.2 Å². The quantitative estimate of drug-likeness (QED) is 0.639. The lowest BCUT2D eigenvalue weighted by molar-refractivity contribution is 0.0681. The lowest BCUT2D eigenvalue weighted by Gasteiger charge is -2.32. The van der Waals surface area contributed by atoms with Crippen LogP contribution in [0.4, 0.5) is 0 Å². The number of aromatic hydroxyl groups is 2. The highest BCUT2D eigenvalue weighted by Gasteiger charge is 2.25. The molecule has 1 atom stereocenters. The van der Waals surface area contributed by atoms with Crippen LogP contribution in [0.5, 0.6) is 11.5 Å². The average Bonchev–Trinajstić information content (AvgIpc) is 2.41. The third-order valence-corrected chi connectivity index (χ3v) is 3.67. The van der Waals surface area contributed by atoms with E-state index in [1.54, 1.807) is 4.90 Å². The van der Waals surface area contributed by atoms with Crippen molar-refractivity contribution in [1.29, 1.82) is 0 Å². The van der Waals surface area contributed by atoms with Crippen molar-refractivity contribution in [3.05, 3.63) is 23.8 Å². The highest BCUT2D eigenvalue weighted by molar-refractivity contribution is 6.18. The number of nitrogens with zero attached hydrogens (tertiary/aromatic N) is 1. The summed E-state index contributed by atoms with van der Waals surface area (Å²) in [5.74, 6) is 0.463. The van der Waals surface area contributed by atoms with E-state index >= 15 is 0 Å². The van der Waals surface area contributed by atoms with Gasteiger partial charge in [0.25, 0.3) is 5.91 Å². The third-order valence-electron chi connectivity index (χ3n) is 3.23. The maximum Gasteiger partial charge on any atom is 0.257 e. The number of hydrogen-bond donors (Lipinski definition) is 2. The number of phenols is 2. The summed E-state index contributed by atoms with van der Waals surface area (Å²) in [5.41, 5.74) is 0.144. The number of rotatable bonds is 2. The summed E-state index contributed by atoms with van der Waals surface area (Å²) in [6.07, 6.45) is 1.95. The van der Waals surface area contributed by atoms with Crippen molar-refractivity contribution in [3.63, 3.8) is 0 Å². The summed E-state index contributed by atoms with van der Waals surface area (Å²) in [6, 6.07) is 3.97. The molecule has 1 heterocycles. The summed E-state index contributed by atoms with van der Waals surface area (Å²) in [4.78, 5) is 13.9. The van der Waals surface area contributed by atoms with Crippen molar-refractivity contribution in [3.8, 4) is 11.5 Å². The molecule has 1 aromatic carbocycles. The van der Waals surface area contributed by atoms with Gasteiger partial charge in [-0.15, -0.1) is 11.6 Å². The van der Waals surface area contributed by atoms with Gasteiger partial charge >= 0.3 is 0 Å². The molecule has 0 saturated carbocycles. The topological polar surface area (TPSA) is 60.8 Å². The van der Waals surface area contributed by atoms with Crippen LogP contribution < -0.4 is 0 Å². The fourth-order valence-corrected chi connectivity index (χ4v) is 2.49. The van der Waals surface area contributed by atoms with Crippen LogP contribution in [0.1, 0.15) is 23.2 Å². The summed E-state index contributed by atoms with van der Waals surface area (Å²) >= 11 is 5.83. The zero-order chi connectivity index (χ0) is 13.1. The monoisotopic (exact) mass is 269 g/mol. The van der Waals surface area contributed by atoms with Gasteiger partial charge in [-0.25, -0.2) is 0 Å². The fraction of sp³-hybridized carbons (Fsp3) is 0.462. The molecule has 1 amide bonds. The minimum Gasteiger partial charge on any atom is -0.508 e. The third kappa shape index (κ3) is 2.70. The Balaban J connectivity index is 2.17. The number of phenolic OH excluding ortho intramolecular Hbond substituents is 2. The number of carbonyl (C=O) groups is 1. The molecule has 1 saturated heterocycles. The Hall–Kier alpha value is -1.42. The summed E-state index contributed by atoms with van der Waals surface area (Å²) in [5, 5.41) is 19.1. The van der Waals surface area contributed by atoms with Crippen LogP contribution in [0, 0.1) is 5.92 Å². The zero-order valence-corrected chi connectivity index (χ0v) is 10.7. The molecule has 2 rings (SSSR count). The Labute approximate surface area is 111 Å². The van der Waals surface area contributed by atoms with E-state index in [0.29, 0.717) is 24.9 Å². The van der Waals surface area contributed by atoms with E-state index in [-0.39, 0.29) is 23.0 Å². The number of likely N-dealkylation sites (tertiary alicyclic amines) is 1. The van der Waals surface area contributed by atoms with E-state index in [1.807, 2.05) is 0 Å². The average molecular weight is 270 g/mol. The largest absolute Gasteiger partial charge is 0.508 e. The number of benzene rings is 1. The number of carbonyl (C=O) groups excluding carboxylic acids is 1. The van der Waals surface area contributed by atoms with Gasteiger partial charge in [-0.05, 0) is 37.0 Å². The zero-order valence-electron chi connectivity index (χ0n) is 9.97. The van der Waals surface area contributed by atoms with Crippen LogP contribution in [-0.4, -0.2) is 40.0 Å². The predicted octanol–water partition coefficient (Wildman–Crippen LogP) is 2.19. The van der Waals surface area contributed by atoms with Gasteiger partial charge < -0.3 is 15.1 Å². The molecule has 0 aliphatic carbocycles. The van der Waals surface area contributed by atoms with Gasteiger partial charge in [-0.3, -0.25) is 4.79 Å². The smallest absolute Gasteiger partial charge is 0.257 e. The molecule has 0 bridgehead atoms. The molecule has 18 heavy (non-hydrogen) atoms. The number of amides is 1. The van der Waals surface area contributed by atoms with Crippen molar-refractivity contribution in [1.82, 2.24) is 4.90 Å². The highest BCUT2D eigenvalue weighted by atomic mass is 35.5. The number of piperidine rings is 1. The minimum absolute atomic E-state index is 0.0259. The Morgan fingerprint density at radius 2 is 2.22 bits per heavy atom. The van der Waals surface area contributed by atoms with Crippen molar-refractivity contribution < 1.29 is 15.0 Å². The van der Waals surface area contributed by atoms with Crippen LogP contribution in [0.2, 0.25) is 0 Å². The molecule has 5 heteroatoms. The maximum atomic E-state index is 12.2. The molecular formula is C13H16ClNO3. The van der Waals surface area contributed by atoms with Crippen LogP contribution in [0.25, 0.3) is 0 Å². The summed E-state index contributed by atoms with van der Waals surface area (Å²) in [7, 11) is 0. The van der Waals surface area contributed by atoms with Crippen molar-refractivity contribution in [2.75, 3.05) is 19.0 Å². The Bertz CT molecular complexity index is 450. The van der Waals surface area contributed by atoms with Crippen molar-refractivity contribution >= 4 is 17.5 Å². The van der Waals surface area contributed by atoms with E-state index in [9.17, 15) is 15.0 Å². The SMILES string of the molecule is O=C(c1cc(O)ccc1O)N1CCCC(CCl)C1. The Morgan fingerprint density at radius 3 is 2.94 bits per heavy atom. The number of halogens is 1. The van der Waals surface area contributed by atoms with Crippen molar-refractivity contribution in [2.45, 2.75) is 12.8 Å². The first-order chi connectivity index (χ1) is 8.61. The highest BCUT2D eigenvalue weighted by Crippen LogP contribution is 2.26. The molecule has 1 unspecified atom stereocenters. The normalized spacial score (nSPS) is 19.8. The molecule has 4 nitrogen and oxygen atoms in total. The maximum absolute atomic E-state index is 12.2. The molecule has 1 aromatic rings. The lowest BCUT2D eigenvalue weighted by atomic mass is 9.99. The van der Waals surface area contributed by atoms with E-state index < -0.39 is 0 Å². The molecule has 1 aliphatic rings. The standard InChI is InChI=1S/C13H16ClNO3/c14-7-9-2-1-5-15(8-9)13(18)11-6-10(16)3-4-12(11)17/h3-4,6,9,16-17H,1-2,5,7-8H2. The van der Waals surface area contributed by atoms with E-state index in [4.69, 9.17) is 11.6 Å². The second-order valence-electron chi connectivity index (χ2n) is 4.62. The lowest BCUT2D eigenvalue weighted by Crippen LogP contribution is -2.40. The van der Waals surface area contributed by atoms with E-state index in [0.717, 1.165) is 12.8 Å². The van der Waals surface area contributed by atoms with Gasteiger partial charge in [0.15, 0.2) is 0 Å². The van der Waals surface area contributed by atoms with Gasteiger partial charge in [0.05, 0.1) is 5.56 Å². The van der Waals surface area contributed by atoms with Gasteiger partial charge in [0.2, 0.25) is 0 Å². The fourth-order valence-electron chi connectivity index (χ4n) is 2.24. The Morgan fingerprint density at radius 1 is 1.44 bits per heavy atom. The molecule has 1 aliphatic heterocycles. The van der Waals surface area contributed by atoms with Crippen molar-refractivity contribution in [2.24, 2.45) is 5.92 Å². The van der Waals surface area contributed by atoms with Crippen LogP contribution in [-0.2, 0) is 0 Å². The molecule has 0 spiro atoms. The second-order valence-corrected chi connectivity index (χ2v) is 4.92. The number of hydrogen-bond acceptors (Lipinski definition) is 3. The molecular weight excluding hydrogens is 254 g/mol. The summed E-state index contributed by atoms with van der Waals surface area (Å²) in [6.45, 7) is 1.28. The second kappa shape index (κ2) is 5.48. The number of alkyl halides is 1. The van der Waals surface area contributed by atoms with Crippen LogP contribution >= 0.6 is 11.6 Å². The first kappa shape index (κ1) is 13.0. The van der Waals surface area contributed by atoms with Crippen LogP contribution in [0.3, 0.4) is 0 Å². The molecule has 1 fully saturated rings. The molecule has 0 radical (unpaired) electrons. The van der Waals surface area contributed by atoms with E-state index in [2.05, 4.69) is 0 Å². The molecule has 2 N–H and O–H groups in total. The molecule has 0 aromatic heterocycles. The minimum atomic E-state index is -0.252. The summed E-state index contributed by atoms with van der Waals surface area (Å²) < 4.78 is 0. The first-order valence-corrected chi connectivity index (χ1v) is 6.52. The van der Waals surface area contributed by atoms with E-state index in [1.165, 1.54) is 18.2 Å². The Kier molecular flexibility index (Phi) is 3.97. The van der Waals surface area contributed by atoms with Gasteiger partial charge in [0, 0.05) is 19.0 Å². The first-order valence-electron chi connectivity index (χ1n) is 5.99.